The highest BCUT2D eigenvalue weighted by Crippen LogP contribution is 2.22. The molecule has 0 aromatic heterocycles. The van der Waals surface area contributed by atoms with Gasteiger partial charge in [-0.25, -0.2) is 0 Å². The highest BCUT2D eigenvalue weighted by atomic mass is 35.5. The number of benzene rings is 1. The van der Waals surface area contributed by atoms with Crippen molar-refractivity contribution in [3.63, 3.8) is 0 Å². The average Bonchev–Trinajstić information content (AvgIpc) is 2.32. The Labute approximate surface area is 109 Å². The summed E-state index contributed by atoms with van der Waals surface area (Å²) in [5, 5.41) is 13.8. The van der Waals surface area contributed by atoms with Crippen LogP contribution in [-0.4, -0.2) is 11.1 Å². The Morgan fingerprint density at radius 2 is 1.94 bits per heavy atom. The number of phenolic OH excluding ortho intramolecular Hbond substituents is 1. The van der Waals surface area contributed by atoms with Crippen LogP contribution >= 0.6 is 11.6 Å². The first-order valence-corrected chi connectivity index (χ1v) is 6.67. The molecule has 0 heterocycles. The molecule has 0 aliphatic heterocycles. The number of halogens is 1. The fourth-order valence-electron chi connectivity index (χ4n) is 2.13. The van der Waals surface area contributed by atoms with E-state index in [1.165, 1.54) is 12.8 Å². The van der Waals surface area contributed by atoms with Gasteiger partial charge < -0.3 is 10.4 Å². The normalized spacial score (nSPS) is 13.0. The molecule has 0 amide bonds. The fraction of sp³-hybridized carbons (Fsp3) is 0.571. The number of phenols is 1. The summed E-state index contributed by atoms with van der Waals surface area (Å²) in [6, 6.07) is 5.60. The summed E-state index contributed by atoms with van der Waals surface area (Å²) in [5.74, 6) is 0.981. The van der Waals surface area contributed by atoms with Crippen molar-refractivity contribution in [1.82, 2.24) is 5.32 Å². The third kappa shape index (κ3) is 4.21. The van der Waals surface area contributed by atoms with Gasteiger partial charge in [-0.3, -0.25) is 0 Å². The van der Waals surface area contributed by atoms with E-state index < -0.39 is 0 Å². The van der Waals surface area contributed by atoms with Gasteiger partial charge >= 0.3 is 0 Å². The minimum atomic E-state index is 0.304. The van der Waals surface area contributed by atoms with Crippen molar-refractivity contribution in [3.05, 3.63) is 28.8 Å². The molecule has 2 N–H and O–H groups in total. The summed E-state index contributed by atoms with van der Waals surface area (Å²) in [6.07, 6.45) is 2.35. The lowest BCUT2D eigenvalue weighted by molar-refractivity contribution is 0.350. The van der Waals surface area contributed by atoms with Crippen LogP contribution in [0, 0.1) is 5.92 Å². The van der Waals surface area contributed by atoms with Crippen LogP contribution in [0.4, 0.5) is 0 Å². The Hall–Kier alpha value is -0.730. The standard InChI is InChI=1S/C14H22ClNO/c1-4-11(5-2)10(3)16-9-12-8-13(15)6-7-14(12)17/h6-8,10-11,16-17H,4-5,9H2,1-3H3. The van der Waals surface area contributed by atoms with Crippen molar-refractivity contribution in [1.29, 1.82) is 0 Å². The van der Waals surface area contributed by atoms with Crippen LogP contribution in [-0.2, 0) is 6.54 Å². The van der Waals surface area contributed by atoms with Crippen molar-refractivity contribution in [3.8, 4) is 5.75 Å². The Morgan fingerprint density at radius 1 is 1.29 bits per heavy atom. The molecule has 0 aliphatic rings. The predicted molar refractivity (Wildman–Crippen MR) is 73.5 cm³/mol. The summed E-state index contributed by atoms with van der Waals surface area (Å²) in [5.41, 5.74) is 0.857. The first-order chi connectivity index (χ1) is 8.08. The second-order valence-electron chi connectivity index (χ2n) is 4.52. The van der Waals surface area contributed by atoms with Gasteiger partial charge in [-0.05, 0) is 31.0 Å². The molecule has 1 atom stereocenters. The smallest absolute Gasteiger partial charge is 0.120 e. The molecule has 0 spiro atoms. The monoisotopic (exact) mass is 255 g/mol. The van der Waals surface area contributed by atoms with Gasteiger partial charge in [-0.2, -0.15) is 0 Å². The summed E-state index contributed by atoms with van der Waals surface area (Å²) in [6.45, 7) is 7.27. The Morgan fingerprint density at radius 3 is 2.53 bits per heavy atom. The van der Waals surface area contributed by atoms with Crippen LogP contribution in [0.1, 0.15) is 39.2 Å². The van der Waals surface area contributed by atoms with E-state index in [2.05, 4.69) is 26.1 Å². The van der Waals surface area contributed by atoms with E-state index in [4.69, 9.17) is 11.6 Å². The van der Waals surface area contributed by atoms with E-state index in [1.54, 1.807) is 12.1 Å². The average molecular weight is 256 g/mol. The first-order valence-electron chi connectivity index (χ1n) is 6.29. The molecule has 0 radical (unpaired) electrons. The molecule has 3 heteroatoms. The summed E-state index contributed by atoms with van der Waals surface area (Å²) in [7, 11) is 0. The van der Waals surface area contributed by atoms with Gasteiger partial charge in [0.2, 0.25) is 0 Å². The zero-order valence-electron chi connectivity index (χ0n) is 10.8. The summed E-state index contributed by atoms with van der Waals surface area (Å²) in [4.78, 5) is 0. The summed E-state index contributed by atoms with van der Waals surface area (Å²) >= 11 is 5.91. The van der Waals surface area contributed by atoms with E-state index >= 15 is 0 Å². The molecule has 0 saturated carbocycles. The summed E-state index contributed by atoms with van der Waals surface area (Å²) < 4.78 is 0. The first kappa shape index (κ1) is 14.3. The number of aromatic hydroxyl groups is 1. The molecule has 0 saturated heterocycles. The molecule has 0 bridgehead atoms. The molecule has 1 aromatic rings. The number of nitrogens with one attached hydrogen (secondary N) is 1. The third-order valence-corrected chi connectivity index (χ3v) is 3.65. The van der Waals surface area contributed by atoms with Gasteiger partial charge in [0.1, 0.15) is 5.75 Å². The molecule has 0 aliphatic carbocycles. The maximum Gasteiger partial charge on any atom is 0.120 e. The quantitative estimate of drug-likeness (QED) is 0.807. The van der Waals surface area contributed by atoms with E-state index in [9.17, 15) is 5.11 Å². The Balaban J connectivity index is 2.57. The third-order valence-electron chi connectivity index (χ3n) is 3.41. The number of hydrogen-bond acceptors (Lipinski definition) is 2. The van der Waals surface area contributed by atoms with E-state index in [0.717, 1.165) is 5.56 Å². The van der Waals surface area contributed by atoms with Crippen LogP contribution in [0.3, 0.4) is 0 Å². The molecule has 1 unspecified atom stereocenters. The van der Waals surface area contributed by atoms with Crippen LogP contribution in [0.5, 0.6) is 5.75 Å². The van der Waals surface area contributed by atoms with Crippen molar-refractivity contribution in [2.45, 2.75) is 46.2 Å². The molecule has 1 rings (SSSR count). The maximum atomic E-state index is 9.70. The van der Waals surface area contributed by atoms with Gasteiger partial charge in [-0.1, -0.05) is 38.3 Å². The topological polar surface area (TPSA) is 32.3 Å². The molecule has 96 valence electrons. The van der Waals surface area contributed by atoms with Gasteiger partial charge in [0.15, 0.2) is 0 Å². The molecule has 2 nitrogen and oxygen atoms in total. The van der Waals surface area contributed by atoms with E-state index in [1.807, 2.05) is 6.07 Å². The highest BCUT2D eigenvalue weighted by Gasteiger charge is 2.13. The SMILES string of the molecule is CCC(CC)C(C)NCc1cc(Cl)ccc1O. The molecule has 17 heavy (non-hydrogen) atoms. The second kappa shape index (κ2) is 6.87. The van der Waals surface area contributed by atoms with E-state index in [0.29, 0.717) is 29.3 Å². The fourth-order valence-corrected chi connectivity index (χ4v) is 2.32. The van der Waals surface area contributed by atoms with Crippen molar-refractivity contribution in [2.24, 2.45) is 5.92 Å². The lowest BCUT2D eigenvalue weighted by Crippen LogP contribution is -2.32. The largest absolute Gasteiger partial charge is 0.508 e. The number of rotatable bonds is 6. The Bertz CT molecular complexity index is 350. The highest BCUT2D eigenvalue weighted by molar-refractivity contribution is 6.30. The molecular formula is C14H22ClNO. The van der Waals surface area contributed by atoms with Gasteiger partial charge in [0, 0.05) is 23.2 Å². The van der Waals surface area contributed by atoms with Crippen LogP contribution in [0.25, 0.3) is 0 Å². The van der Waals surface area contributed by atoms with Crippen molar-refractivity contribution in [2.75, 3.05) is 0 Å². The molecule has 0 fully saturated rings. The molecule has 1 aromatic carbocycles. The van der Waals surface area contributed by atoms with Crippen LogP contribution in [0.2, 0.25) is 5.02 Å². The molecular weight excluding hydrogens is 234 g/mol. The minimum absolute atomic E-state index is 0.304. The van der Waals surface area contributed by atoms with Crippen molar-refractivity contribution < 1.29 is 5.11 Å². The van der Waals surface area contributed by atoms with Crippen LogP contribution < -0.4 is 5.32 Å². The van der Waals surface area contributed by atoms with Crippen LogP contribution in [0.15, 0.2) is 18.2 Å². The number of hydrogen-bond donors (Lipinski definition) is 2. The zero-order valence-corrected chi connectivity index (χ0v) is 11.6. The van der Waals surface area contributed by atoms with E-state index in [-0.39, 0.29) is 0 Å². The maximum absolute atomic E-state index is 9.70. The lowest BCUT2D eigenvalue weighted by Gasteiger charge is -2.22. The Kier molecular flexibility index (Phi) is 5.79. The second-order valence-corrected chi connectivity index (χ2v) is 4.96. The lowest BCUT2D eigenvalue weighted by atomic mass is 9.95. The van der Waals surface area contributed by atoms with Gasteiger partial charge in [-0.15, -0.1) is 0 Å². The predicted octanol–water partition coefficient (Wildman–Crippen LogP) is 3.96. The minimum Gasteiger partial charge on any atom is -0.508 e. The van der Waals surface area contributed by atoms with Crippen molar-refractivity contribution >= 4 is 11.6 Å². The van der Waals surface area contributed by atoms with Gasteiger partial charge in [0.05, 0.1) is 0 Å². The zero-order chi connectivity index (χ0) is 12.8. The van der Waals surface area contributed by atoms with Gasteiger partial charge in [0.25, 0.3) is 0 Å².